The predicted octanol–water partition coefficient (Wildman–Crippen LogP) is 3.72. The van der Waals surface area contributed by atoms with Crippen molar-refractivity contribution in [3.05, 3.63) is 57.8 Å². The number of anilines is 1. The summed E-state index contributed by atoms with van der Waals surface area (Å²) in [6.45, 7) is 4.36. The fraction of sp³-hybridized carbons (Fsp3) is 0.429. The number of Topliss-reactive ketones (excluding diaryl/α,β-unsaturated/α-hetero) is 1. The molecular formula is C21H24N4O2S. The molecule has 0 radical (unpaired) electrons. The number of aromatic nitrogens is 3. The van der Waals surface area contributed by atoms with Crippen LogP contribution < -0.4 is 10.9 Å². The van der Waals surface area contributed by atoms with E-state index in [4.69, 9.17) is 4.98 Å². The summed E-state index contributed by atoms with van der Waals surface area (Å²) in [5, 5.41) is 3.91. The lowest BCUT2D eigenvalue weighted by Gasteiger charge is -2.36. The van der Waals surface area contributed by atoms with Crippen LogP contribution in [-0.2, 0) is 4.79 Å². The SMILES string of the molecule is CC(C)CCSc1nc2c(c(=O)[nH]1)[C@H](c1ccncc1)[C@H]1C(=O)CCC=C1N2. The van der Waals surface area contributed by atoms with Gasteiger partial charge in [0.15, 0.2) is 5.16 Å². The smallest absolute Gasteiger partial charge is 0.257 e. The molecule has 2 aromatic heterocycles. The Bertz CT molecular complexity index is 968. The van der Waals surface area contributed by atoms with Gasteiger partial charge in [0.2, 0.25) is 0 Å². The fourth-order valence-electron chi connectivity index (χ4n) is 3.86. The molecule has 2 aliphatic rings. The van der Waals surface area contributed by atoms with Gasteiger partial charge in [-0.3, -0.25) is 14.6 Å². The molecule has 0 aromatic carbocycles. The van der Waals surface area contributed by atoms with Crippen LogP contribution in [0, 0.1) is 11.8 Å². The molecule has 4 rings (SSSR count). The Kier molecular flexibility index (Phi) is 5.35. The molecule has 0 amide bonds. The maximum Gasteiger partial charge on any atom is 0.257 e. The van der Waals surface area contributed by atoms with Gasteiger partial charge < -0.3 is 10.3 Å². The summed E-state index contributed by atoms with van der Waals surface area (Å²) >= 11 is 1.56. The molecule has 146 valence electrons. The van der Waals surface area contributed by atoms with E-state index in [0.29, 0.717) is 28.9 Å². The molecule has 0 fully saturated rings. The van der Waals surface area contributed by atoms with Crippen LogP contribution in [0.4, 0.5) is 5.82 Å². The average Bonchev–Trinajstić information content (AvgIpc) is 2.67. The molecule has 7 heteroatoms. The average molecular weight is 397 g/mol. The Labute approximate surface area is 168 Å². The van der Waals surface area contributed by atoms with Crippen LogP contribution in [0.2, 0.25) is 0 Å². The summed E-state index contributed by atoms with van der Waals surface area (Å²) in [4.78, 5) is 37.5. The molecule has 2 aromatic rings. The third-order valence-electron chi connectivity index (χ3n) is 5.28. The highest BCUT2D eigenvalue weighted by Gasteiger charge is 2.42. The molecule has 6 nitrogen and oxygen atoms in total. The molecule has 2 N–H and O–H groups in total. The van der Waals surface area contributed by atoms with E-state index in [0.717, 1.165) is 29.9 Å². The van der Waals surface area contributed by atoms with Gasteiger partial charge in [-0.1, -0.05) is 31.7 Å². The van der Waals surface area contributed by atoms with E-state index in [2.05, 4.69) is 35.2 Å². The number of nitrogens with zero attached hydrogens (tertiary/aromatic N) is 2. The number of ketones is 1. The maximum atomic E-state index is 13.1. The lowest BCUT2D eigenvalue weighted by Crippen LogP contribution is -2.38. The zero-order chi connectivity index (χ0) is 19.7. The van der Waals surface area contributed by atoms with E-state index < -0.39 is 0 Å². The Balaban J connectivity index is 1.78. The third-order valence-corrected chi connectivity index (χ3v) is 6.18. The molecule has 0 saturated heterocycles. The number of carbonyl (C=O) groups excluding carboxylic acids is 1. The number of hydrogen-bond donors (Lipinski definition) is 2. The number of thioether (sulfide) groups is 1. The highest BCUT2D eigenvalue weighted by atomic mass is 32.2. The van der Waals surface area contributed by atoms with Gasteiger partial charge in [-0.25, -0.2) is 4.98 Å². The summed E-state index contributed by atoms with van der Waals surface area (Å²) in [7, 11) is 0. The Hall–Kier alpha value is -2.41. The van der Waals surface area contributed by atoms with Crippen molar-refractivity contribution in [3.8, 4) is 0 Å². The molecule has 0 bridgehead atoms. The predicted molar refractivity (Wildman–Crippen MR) is 111 cm³/mol. The van der Waals surface area contributed by atoms with Crippen LogP contribution in [0.15, 0.2) is 46.3 Å². The number of fused-ring (bicyclic) bond motifs is 2. The molecular weight excluding hydrogens is 372 g/mol. The van der Waals surface area contributed by atoms with Crippen molar-refractivity contribution in [3.63, 3.8) is 0 Å². The highest BCUT2D eigenvalue weighted by Crippen LogP contribution is 2.44. The topological polar surface area (TPSA) is 87.7 Å². The minimum Gasteiger partial charge on any atom is -0.343 e. The first-order valence-electron chi connectivity index (χ1n) is 9.71. The number of carbonyl (C=O) groups is 1. The van der Waals surface area contributed by atoms with Crippen molar-refractivity contribution in [2.45, 2.75) is 44.2 Å². The van der Waals surface area contributed by atoms with E-state index in [1.165, 1.54) is 0 Å². The highest BCUT2D eigenvalue weighted by molar-refractivity contribution is 7.99. The number of nitrogens with one attached hydrogen (secondary N) is 2. The molecule has 28 heavy (non-hydrogen) atoms. The molecule has 3 heterocycles. The van der Waals surface area contributed by atoms with Crippen LogP contribution in [0.1, 0.15) is 50.2 Å². The Morgan fingerprint density at radius 3 is 2.75 bits per heavy atom. The largest absolute Gasteiger partial charge is 0.343 e. The summed E-state index contributed by atoms with van der Waals surface area (Å²) in [6, 6.07) is 3.76. The van der Waals surface area contributed by atoms with Gasteiger partial charge in [-0.2, -0.15) is 0 Å². The number of allylic oxidation sites excluding steroid dienone is 2. The van der Waals surface area contributed by atoms with E-state index in [9.17, 15) is 9.59 Å². The second-order valence-electron chi connectivity index (χ2n) is 7.69. The Morgan fingerprint density at radius 1 is 1.21 bits per heavy atom. The van der Waals surface area contributed by atoms with Crippen molar-refractivity contribution >= 4 is 23.4 Å². The second-order valence-corrected chi connectivity index (χ2v) is 8.77. The zero-order valence-corrected chi connectivity index (χ0v) is 16.9. The van der Waals surface area contributed by atoms with Gasteiger partial charge in [0, 0.05) is 36.2 Å². The van der Waals surface area contributed by atoms with Gasteiger partial charge in [0.25, 0.3) is 5.56 Å². The quantitative estimate of drug-likeness (QED) is 0.592. The maximum absolute atomic E-state index is 13.1. The minimum atomic E-state index is -0.369. The van der Waals surface area contributed by atoms with Gasteiger partial charge in [0.1, 0.15) is 11.6 Å². The first-order chi connectivity index (χ1) is 13.5. The monoisotopic (exact) mass is 396 g/mol. The lowest BCUT2D eigenvalue weighted by atomic mass is 9.72. The molecule has 0 spiro atoms. The summed E-state index contributed by atoms with van der Waals surface area (Å²) in [5.74, 6) is 1.51. The summed E-state index contributed by atoms with van der Waals surface area (Å²) in [6.07, 6.45) is 7.74. The first kappa shape index (κ1) is 18.9. The molecule has 1 aliphatic carbocycles. The molecule has 0 unspecified atom stereocenters. The van der Waals surface area contributed by atoms with E-state index in [1.54, 1.807) is 24.2 Å². The van der Waals surface area contributed by atoms with Gasteiger partial charge in [0.05, 0.1) is 11.5 Å². The normalized spacial score (nSPS) is 21.0. The number of pyridine rings is 1. The minimum absolute atomic E-state index is 0.159. The van der Waals surface area contributed by atoms with Crippen molar-refractivity contribution in [1.29, 1.82) is 0 Å². The van der Waals surface area contributed by atoms with Crippen molar-refractivity contribution in [2.75, 3.05) is 11.1 Å². The van der Waals surface area contributed by atoms with Crippen molar-refractivity contribution in [2.24, 2.45) is 11.8 Å². The molecule has 2 atom stereocenters. The van der Waals surface area contributed by atoms with E-state index in [1.807, 2.05) is 12.1 Å². The van der Waals surface area contributed by atoms with Crippen molar-refractivity contribution in [1.82, 2.24) is 15.0 Å². The second kappa shape index (κ2) is 7.91. The Morgan fingerprint density at radius 2 is 2.00 bits per heavy atom. The van der Waals surface area contributed by atoms with E-state index in [-0.39, 0.29) is 23.2 Å². The molecule has 1 aliphatic heterocycles. The first-order valence-corrected chi connectivity index (χ1v) is 10.7. The number of H-pyrrole nitrogens is 1. The van der Waals surface area contributed by atoms with Crippen LogP contribution in [0.5, 0.6) is 0 Å². The van der Waals surface area contributed by atoms with Crippen LogP contribution in [0.25, 0.3) is 0 Å². The zero-order valence-electron chi connectivity index (χ0n) is 16.1. The van der Waals surface area contributed by atoms with Gasteiger partial charge in [-0.15, -0.1) is 0 Å². The van der Waals surface area contributed by atoms with Gasteiger partial charge >= 0.3 is 0 Å². The molecule has 0 saturated carbocycles. The van der Waals surface area contributed by atoms with Crippen molar-refractivity contribution < 1.29 is 4.79 Å². The van der Waals surface area contributed by atoms with Crippen LogP contribution in [0.3, 0.4) is 0 Å². The fourth-order valence-corrected chi connectivity index (χ4v) is 4.96. The lowest BCUT2D eigenvalue weighted by molar-refractivity contribution is -0.122. The third kappa shape index (κ3) is 3.63. The van der Waals surface area contributed by atoms with E-state index >= 15 is 0 Å². The number of aromatic amines is 1. The summed E-state index contributed by atoms with van der Waals surface area (Å²) < 4.78 is 0. The number of hydrogen-bond acceptors (Lipinski definition) is 6. The van der Waals surface area contributed by atoms with Gasteiger partial charge in [-0.05, 0) is 36.5 Å². The number of rotatable bonds is 5. The standard InChI is InChI=1S/C21H24N4O2S/c1-12(2)8-11-28-21-24-19-18(20(27)25-21)16(13-6-9-22-10-7-13)17-14(23-19)4-3-5-15(17)26/h4,6-7,9-10,12,16-17H,3,5,8,11H2,1-2H3,(H2,23,24,25,27)/t16-,17-/m1/s1. The van der Waals surface area contributed by atoms with Crippen LogP contribution in [-0.4, -0.2) is 26.5 Å². The van der Waals surface area contributed by atoms with Crippen LogP contribution >= 0.6 is 11.8 Å². The summed E-state index contributed by atoms with van der Waals surface area (Å²) in [5.41, 5.74) is 2.14.